The standard InChI is InChI=1S/C10H13NO/c1-4-10(5-2)7-8-11(6-3)9(10)12/h4-6H,1-3,7-8H2. The van der Waals surface area contributed by atoms with Gasteiger partial charge in [-0.3, -0.25) is 4.79 Å². The summed E-state index contributed by atoms with van der Waals surface area (Å²) in [5.41, 5.74) is -0.547. The molecule has 1 aliphatic heterocycles. The molecule has 0 aromatic carbocycles. The number of hydrogen-bond donors (Lipinski definition) is 0. The van der Waals surface area contributed by atoms with Crippen LogP contribution >= 0.6 is 0 Å². The Balaban J connectivity index is 2.96. The fourth-order valence-corrected chi connectivity index (χ4v) is 1.42. The van der Waals surface area contributed by atoms with Gasteiger partial charge in [0, 0.05) is 6.54 Å². The van der Waals surface area contributed by atoms with E-state index < -0.39 is 5.41 Å². The first kappa shape index (κ1) is 8.78. The van der Waals surface area contributed by atoms with Crippen LogP contribution in [0, 0.1) is 5.41 Å². The molecule has 0 N–H and O–H groups in total. The van der Waals surface area contributed by atoms with Crippen molar-refractivity contribution in [2.75, 3.05) is 6.54 Å². The molecule has 1 amide bonds. The molecule has 64 valence electrons. The highest BCUT2D eigenvalue weighted by Crippen LogP contribution is 2.34. The smallest absolute Gasteiger partial charge is 0.240 e. The second-order valence-electron chi connectivity index (χ2n) is 2.88. The number of carbonyl (C=O) groups excluding carboxylic acids is 1. The van der Waals surface area contributed by atoms with Crippen LogP contribution in [0.3, 0.4) is 0 Å². The van der Waals surface area contributed by atoms with Crippen LogP contribution in [0.15, 0.2) is 38.1 Å². The van der Waals surface area contributed by atoms with E-state index >= 15 is 0 Å². The van der Waals surface area contributed by atoms with Crippen molar-refractivity contribution in [3.63, 3.8) is 0 Å². The van der Waals surface area contributed by atoms with E-state index in [0.717, 1.165) is 6.42 Å². The zero-order valence-corrected chi connectivity index (χ0v) is 7.12. The number of carbonyl (C=O) groups is 1. The maximum Gasteiger partial charge on any atom is 0.240 e. The third-order valence-corrected chi connectivity index (χ3v) is 2.37. The van der Waals surface area contributed by atoms with E-state index in [0.29, 0.717) is 6.54 Å². The van der Waals surface area contributed by atoms with E-state index in [9.17, 15) is 4.79 Å². The van der Waals surface area contributed by atoms with Gasteiger partial charge in [-0.25, -0.2) is 0 Å². The molecule has 0 atom stereocenters. The summed E-state index contributed by atoms with van der Waals surface area (Å²) >= 11 is 0. The van der Waals surface area contributed by atoms with Crippen molar-refractivity contribution >= 4 is 5.91 Å². The second kappa shape index (κ2) is 2.97. The normalized spacial score (nSPS) is 20.7. The Kier molecular flexibility index (Phi) is 2.18. The first-order chi connectivity index (χ1) is 5.70. The van der Waals surface area contributed by atoms with E-state index in [1.54, 1.807) is 23.3 Å². The summed E-state index contributed by atoms with van der Waals surface area (Å²) in [6.07, 6.45) is 5.62. The predicted molar refractivity (Wildman–Crippen MR) is 49.4 cm³/mol. The van der Waals surface area contributed by atoms with Crippen LogP contribution < -0.4 is 0 Å². The second-order valence-corrected chi connectivity index (χ2v) is 2.88. The first-order valence-corrected chi connectivity index (χ1v) is 3.91. The van der Waals surface area contributed by atoms with Crippen molar-refractivity contribution in [3.05, 3.63) is 38.1 Å². The molecule has 2 nitrogen and oxygen atoms in total. The minimum atomic E-state index is -0.547. The molecule has 0 aromatic heterocycles. The van der Waals surface area contributed by atoms with Crippen LogP contribution in [0.5, 0.6) is 0 Å². The van der Waals surface area contributed by atoms with Crippen LogP contribution in [-0.2, 0) is 4.79 Å². The Morgan fingerprint density at radius 3 is 2.17 bits per heavy atom. The SMILES string of the molecule is C=CN1CCC(C=C)(C=C)C1=O. The van der Waals surface area contributed by atoms with Gasteiger partial charge in [0.05, 0.1) is 5.41 Å². The molecular formula is C10H13NO. The molecule has 0 unspecified atom stereocenters. The largest absolute Gasteiger partial charge is 0.319 e. The molecule has 0 aromatic rings. The summed E-state index contributed by atoms with van der Waals surface area (Å²) in [4.78, 5) is 13.2. The number of likely N-dealkylation sites (tertiary alicyclic amines) is 1. The predicted octanol–water partition coefficient (Wildman–Crippen LogP) is 1.72. The van der Waals surface area contributed by atoms with Crippen LogP contribution in [0.25, 0.3) is 0 Å². The van der Waals surface area contributed by atoms with Crippen molar-refractivity contribution in [3.8, 4) is 0 Å². The van der Waals surface area contributed by atoms with Gasteiger partial charge in [-0.05, 0) is 12.6 Å². The van der Waals surface area contributed by atoms with Crippen molar-refractivity contribution in [1.82, 2.24) is 4.90 Å². The number of rotatable bonds is 3. The number of nitrogens with zero attached hydrogens (tertiary/aromatic N) is 1. The molecule has 1 fully saturated rings. The Labute approximate surface area is 72.9 Å². The molecule has 2 heteroatoms. The highest BCUT2D eigenvalue weighted by molar-refractivity contribution is 5.89. The van der Waals surface area contributed by atoms with Gasteiger partial charge in [0.2, 0.25) is 5.91 Å². The van der Waals surface area contributed by atoms with Gasteiger partial charge in [0.1, 0.15) is 0 Å². The Hall–Kier alpha value is -1.31. The summed E-state index contributed by atoms with van der Waals surface area (Å²) in [5, 5.41) is 0. The molecule has 0 bridgehead atoms. The molecule has 1 saturated heterocycles. The molecule has 0 saturated carbocycles. The van der Waals surface area contributed by atoms with E-state index in [1.807, 2.05) is 0 Å². The van der Waals surface area contributed by atoms with Gasteiger partial charge in [-0.2, -0.15) is 0 Å². The monoisotopic (exact) mass is 163 g/mol. The summed E-state index contributed by atoms with van der Waals surface area (Å²) in [6.45, 7) is 11.6. The Bertz CT molecular complexity index is 234. The fraction of sp³-hybridized carbons (Fsp3) is 0.300. The van der Waals surface area contributed by atoms with E-state index in [-0.39, 0.29) is 5.91 Å². The molecule has 1 heterocycles. The quantitative estimate of drug-likeness (QED) is 0.580. The summed E-state index contributed by atoms with van der Waals surface area (Å²) in [5.74, 6) is 0.0301. The average molecular weight is 163 g/mol. The lowest BCUT2D eigenvalue weighted by molar-refractivity contribution is -0.130. The van der Waals surface area contributed by atoms with Gasteiger partial charge in [-0.1, -0.05) is 18.7 Å². The summed E-state index contributed by atoms with van der Waals surface area (Å²) < 4.78 is 0. The molecule has 0 radical (unpaired) electrons. The Morgan fingerprint density at radius 2 is 1.92 bits per heavy atom. The summed E-state index contributed by atoms with van der Waals surface area (Å²) in [7, 11) is 0. The van der Waals surface area contributed by atoms with Crippen LogP contribution in [0.4, 0.5) is 0 Å². The third kappa shape index (κ3) is 0.998. The van der Waals surface area contributed by atoms with Crippen molar-refractivity contribution in [1.29, 1.82) is 0 Å². The maximum atomic E-state index is 11.6. The van der Waals surface area contributed by atoms with E-state index in [1.165, 1.54) is 0 Å². The van der Waals surface area contributed by atoms with Crippen LogP contribution in [0.2, 0.25) is 0 Å². The van der Waals surface area contributed by atoms with Crippen LogP contribution in [-0.4, -0.2) is 17.4 Å². The molecule has 1 rings (SSSR count). The van der Waals surface area contributed by atoms with Crippen molar-refractivity contribution < 1.29 is 4.79 Å². The maximum absolute atomic E-state index is 11.6. The molecule has 1 aliphatic rings. The topological polar surface area (TPSA) is 20.3 Å². The molecule has 0 aliphatic carbocycles. The minimum Gasteiger partial charge on any atom is -0.319 e. The molecule has 12 heavy (non-hydrogen) atoms. The highest BCUT2D eigenvalue weighted by Gasteiger charge is 2.40. The lowest BCUT2D eigenvalue weighted by Gasteiger charge is -2.17. The minimum absolute atomic E-state index is 0.0301. The summed E-state index contributed by atoms with van der Waals surface area (Å²) in [6, 6.07) is 0. The third-order valence-electron chi connectivity index (χ3n) is 2.37. The van der Waals surface area contributed by atoms with Gasteiger partial charge in [0.25, 0.3) is 0 Å². The van der Waals surface area contributed by atoms with E-state index in [2.05, 4.69) is 19.7 Å². The van der Waals surface area contributed by atoms with Crippen molar-refractivity contribution in [2.45, 2.75) is 6.42 Å². The Morgan fingerprint density at radius 1 is 1.33 bits per heavy atom. The number of amides is 1. The lowest BCUT2D eigenvalue weighted by Crippen LogP contribution is -2.28. The average Bonchev–Trinajstić information content (AvgIpc) is 2.43. The molecule has 0 spiro atoms. The number of hydrogen-bond acceptors (Lipinski definition) is 1. The van der Waals surface area contributed by atoms with Crippen LogP contribution in [0.1, 0.15) is 6.42 Å². The fourth-order valence-electron chi connectivity index (χ4n) is 1.42. The first-order valence-electron chi connectivity index (χ1n) is 3.91. The zero-order chi connectivity index (χ0) is 9.19. The van der Waals surface area contributed by atoms with Crippen molar-refractivity contribution in [2.24, 2.45) is 5.41 Å². The van der Waals surface area contributed by atoms with Gasteiger partial charge in [0.15, 0.2) is 0 Å². The molecular weight excluding hydrogens is 150 g/mol. The highest BCUT2D eigenvalue weighted by atomic mass is 16.2. The van der Waals surface area contributed by atoms with Gasteiger partial charge >= 0.3 is 0 Å². The zero-order valence-electron chi connectivity index (χ0n) is 7.12. The van der Waals surface area contributed by atoms with Gasteiger partial charge in [-0.15, -0.1) is 13.2 Å². The van der Waals surface area contributed by atoms with E-state index in [4.69, 9.17) is 0 Å². The lowest BCUT2D eigenvalue weighted by atomic mass is 9.87. The van der Waals surface area contributed by atoms with Gasteiger partial charge < -0.3 is 4.90 Å².